The molecule has 0 spiro atoms. The summed E-state index contributed by atoms with van der Waals surface area (Å²) >= 11 is 11.6. The van der Waals surface area contributed by atoms with Crippen molar-refractivity contribution < 1.29 is 14.8 Å². The number of carbonyl (C=O) groups is 2. The number of Topliss-reactive ketones (excluding diaryl/α,β-unsaturated/α-hetero) is 1. The van der Waals surface area contributed by atoms with Crippen LogP contribution in [0.4, 0.5) is 5.69 Å². The quantitative estimate of drug-likeness (QED) is 0.408. The van der Waals surface area contributed by atoms with Crippen molar-refractivity contribution in [3.63, 3.8) is 0 Å². The first-order chi connectivity index (χ1) is 9.50. The molecular formula is C14H9Cl2NO3. The molecule has 0 saturated heterocycles. The number of anilines is 1. The van der Waals surface area contributed by atoms with Gasteiger partial charge in [0.1, 0.15) is 0 Å². The molecule has 20 heavy (non-hydrogen) atoms. The van der Waals surface area contributed by atoms with E-state index in [1.165, 1.54) is 36.4 Å². The molecule has 0 aliphatic heterocycles. The van der Waals surface area contributed by atoms with E-state index >= 15 is 0 Å². The summed E-state index contributed by atoms with van der Waals surface area (Å²) in [5.41, 5.74) is 0.173. The van der Waals surface area contributed by atoms with Crippen molar-refractivity contribution in [2.75, 3.05) is 5.06 Å². The second-order valence-electron chi connectivity index (χ2n) is 3.90. The van der Waals surface area contributed by atoms with Gasteiger partial charge >= 0.3 is 5.91 Å². The molecule has 4 nitrogen and oxygen atoms in total. The lowest BCUT2D eigenvalue weighted by atomic mass is 10.1. The maximum Gasteiger partial charge on any atom is 0.323 e. The molecule has 0 atom stereocenters. The van der Waals surface area contributed by atoms with Crippen LogP contribution in [-0.4, -0.2) is 16.9 Å². The number of nitrogens with zero attached hydrogens (tertiary/aromatic N) is 1. The molecule has 0 unspecified atom stereocenters. The third-order valence-electron chi connectivity index (χ3n) is 2.57. The Bertz CT molecular complexity index is 656. The van der Waals surface area contributed by atoms with Gasteiger partial charge in [-0.2, -0.15) is 5.06 Å². The smallest absolute Gasteiger partial charge is 0.283 e. The third-order valence-corrected chi connectivity index (χ3v) is 3.15. The predicted molar refractivity (Wildman–Crippen MR) is 76.5 cm³/mol. The van der Waals surface area contributed by atoms with Gasteiger partial charge in [-0.3, -0.25) is 14.8 Å². The number of hydrogen-bond acceptors (Lipinski definition) is 3. The van der Waals surface area contributed by atoms with Gasteiger partial charge in [0.2, 0.25) is 0 Å². The van der Waals surface area contributed by atoms with Crippen molar-refractivity contribution in [1.29, 1.82) is 0 Å². The molecule has 2 rings (SSSR count). The third kappa shape index (κ3) is 2.99. The van der Waals surface area contributed by atoms with Gasteiger partial charge in [0.15, 0.2) is 0 Å². The molecule has 102 valence electrons. The molecule has 0 heterocycles. The second-order valence-corrected chi connectivity index (χ2v) is 4.75. The lowest BCUT2D eigenvalue weighted by Crippen LogP contribution is -2.34. The first kappa shape index (κ1) is 14.5. The van der Waals surface area contributed by atoms with Crippen LogP contribution in [-0.2, 0) is 4.79 Å². The van der Waals surface area contributed by atoms with Gasteiger partial charge in [0, 0.05) is 10.6 Å². The van der Waals surface area contributed by atoms with Gasteiger partial charge < -0.3 is 0 Å². The number of ketones is 1. The van der Waals surface area contributed by atoms with E-state index in [2.05, 4.69) is 0 Å². The van der Waals surface area contributed by atoms with E-state index in [-0.39, 0.29) is 21.3 Å². The van der Waals surface area contributed by atoms with Crippen LogP contribution in [0.5, 0.6) is 0 Å². The minimum absolute atomic E-state index is 0.0430. The number of para-hydroxylation sites is 1. The maximum atomic E-state index is 11.9. The minimum Gasteiger partial charge on any atom is -0.283 e. The Labute approximate surface area is 125 Å². The molecule has 0 bridgehead atoms. The Hall–Kier alpha value is -1.88. The Morgan fingerprint density at radius 2 is 1.55 bits per heavy atom. The van der Waals surface area contributed by atoms with E-state index in [1.54, 1.807) is 12.1 Å². The van der Waals surface area contributed by atoms with Crippen LogP contribution in [0.2, 0.25) is 10.0 Å². The fourth-order valence-electron chi connectivity index (χ4n) is 1.55. The van der Waals surface area contributed by atoms with E-state index in [0.29, 0.717) is 5.02 Å². The molecule has 1 amide bonds. The number of hydrogen-bond donors (Lipinski definition) is 1. The molecule has 2 aromatic carbocycles. The normalized spacial score (nSPS) is 10.2. The Balaban J connectivity index is 2.25. The van der Waals surface area contributed by atoms with Crippen molar-refractivity contribution in [3.8, 4) is 0 Å². The second kappa shape index (κ2) is 6.05. The summed E-state index contributed by atoms with van der Waals surface area (Å²) < 4.78 is 0. The molecule has 0 fully saturated rings. The maximum absolute atomic E-state index is 11.9. The highest BCUT2D eigenvalue weighted by atomic mass is 35.5. The molecular weight excluding hydrogens is 301 g/mol. The highest BCUT2D eigenvalue weighted by Gasteiger charge is 2.24. The summed E-state index contributed by atoms with van der Waals surface area (Å²) in [5.74, 6) is -1.95. The number of rotatable bonds is 3. The highest BCUT2D eigenvalue weighted by Crippen LogP contribution is 2.24. The summed E-state index contributed by atoms with van der Waals surface area (Å²) in [5, 5.41) is 10.6. The standard InChI is InChI=1S/C14H9Cl2NO3/c15-10-7-5-9(6-8-10)13(18)14(19)17(20)12-4-2-1-3-11(12)16/h1-8,20H. The van der Waals surface area contributed by atoms with Crippen LogP contribution in [0.25, 0.3) is 0 Å². The summed E-state index contributed by atoms with van der Waals surface area (Å²) in [7, 11) is 0. The molecule has 2 aromatic rings. The minimum atomic E-state index is -1.10. The van der Waals surface area contributed by atoms with E-state index < -0.39 is 11.7 Å². The van der Waals surface area contributed by atoms with E-state index in [0.717, 1.165) is 0 Å². The van der Waals surface area contributed by atoms with E-state index in [1.807, 2.05) is 0 Å². The zero-order chi connectivity index (χ0) is 14.7. The van der Waals surface area contributed by atoms with Crippen LogP contribution >= 0.6 is 23.2 Å². The monoisotopic (exact) mass is 309 g/mol. The number of halogens is 2. The topological polar surface area (TPSA) is 57.6 Å². The number of hydroxylamine groups is 1. The number of amides is 1. The van der Waals surface area contributed by atoms with Gasteiger partial charge in [-0.25, -0.2) is 0 Å². The van der Waals surface area contributed by atoms with Gasteiger partial charge in [0.05, 0.1) is 10.7 Å². The first-order valence-corrected chi connectivity index (χ1v) is 6.34. The van der Waals surface area contributed by atoms with Crippen molar-refractivity contribution in [3.05, 3.63) is 64.1 Å². The molecule has 0 aromatic heterocycles. The summed E-state index contributed by atoms with van der Waals surface area (Å²) in [6, 6.07) is 11.9. The predicted octanol–water partition coefficient (Wildman–Crippen LogP) is 3.60. The average Bonchev–Trinajstić information content (AvgIpc) is 2.46. The van der Waals surface area contributed by atoms with Crippen molar-refractivity contribution in [2.24, 2.45) is 0 Å². The van der Waals surface area contributed by atoms with Crippen molar-refractivity contribution in [2.45, 2.75) is 0 Å². The van der Waals surface area contributed by atoms with E-state index in [9.17, 15) is 14.8 Å². The fourth-order valence-corrected chi connectivity index (χ4v) is 1.90. The Kier molecular flexibility index (Phi) is 4.39. The van der Waals surface area contributed by atoms with E-state index in [4.69, 9.17) is 23.2 Å². The van der Waals surface area contributed by atoms with Gasteiger partial charge in [-0.05, 0) is 36.4 Å². The summed E-state index contributed by atoms with van der Waals surface area (Å²) in [6.07, 6.45) is 0. The molecule has 6 heteroatoms. The van der Waals surface area contributed by atoms with Crippen LogP contribution < -0.4 is 5.06 Å². The first-order valence-electron chi connectivity index (χ1n) is 5.58. The van der Waals surface area contributed by atoms with Crippen LogP contribution in [0.3, 0.4) is 0 Å². The Morgan fingerprint density at radius 3 is 2.15 bits per heavy atom. The molecule has 1 N–H and O–H groups in total. The SMILES string of the molecule is O=C(C(=O)N(O)c1ccccc1Cl)c1ccc(Cl)cc1. The molecule has 0 radical (unpaired) electrons. The average molecular weight is 310 g/mol. The van der Waals surface area contributed by atoms with Crippen LogP contribution in [0, 0.1) is 0 Å². The summed E-state index contributed by atoms with van der Waals surface area (Å²) in [6.45, 7) is 0. The molecule has 0 saturated carbocycles. The summed E-state index contributed by atoms with van der Waals surface area (Å²) in [4.78, 5) is 23.9. The number of benzene rings is 2. The zero-order valence-electron chi connectivity index (χ0n) is 10.1. The van der Waals surface area contributed by atoms with Crippen molar-refractivity contribution >= 4 is 40.6 Å². The van der Waals surface area contributed by atoms with Crippen LogP contribution in [0.1, 0.15) is 10.4 Å². The molecule has 0 aliphatic carbocycles. The molecule has 0 aliphatic rings. The lowest BCUT2D eigenvalue weighted by Gasteiger charge is -2.15. The highest BCUT2D eigenvalue weighted by molar-refractivity contribution is 6.47. The lowest BCUT2D eigenvalue weighted by molar-refractivity contribution is -0.119. The van der Waals surface area contributed by atoms with Crippen LogP contribution in [0.15, 0.2) is 48.5 Å². The zero-order valence-corrected chi connectivity index (χ0v) is 11.6. The largest absolute Gasteiger partial charge is 0.323 e. The number of carbonyl (C=O) groups excluding carboxylic acids is 2. The van der Waals surface area contributed by atoms with Gasteiger partial charge in [0.25, 0.3) is 5.78 Å². The van der Waals surface area contributed by atoms with Crippen molar-refractivity contribution in [1.82, 2.24) is 0 Å². The van der Waals surface area contributed by atoms with Gasteiger partial charge in [-0.15, -0.1) is 0 Å². The Morgan fingerprint density at radius 1 is 0.950 bits per heavy atom. The van der Waals surface area contributed by atoms with Gasteiger partial charge in [-0.1, -0.05) is 35.3 Å². The fraction of sp³-hybridized carbons (Fsp3) is 0.